The van der Waals surface area contributed by atoms with Crippen LogP contribution in [0.2, 0.25) is 0 Å². The van der Waals surface area contributed by atoms with Crippen molar-refractivity contribution in [1.82, 2.24) is 10.1 Å². The summed E-state index contributed by atoms with van der Waals surface area (Å²) in [5.74, 6) is 0.508. The Hall–Kier alpha value is -1.79. The highest BCUT2D eigenvalue weighted by molar-refractivity contribution is 5.19. The molecule has 1 aromatic carbocycles. The molecular weight excluding hydrogens is 237 g/mol. The highest BCUT2D eigenvalue weighted by atomic mass is 19.1. The Bertz CT molecular complexity index is 516. The SMILES string of the molecule is COCC(N)c1noc(Cc2cccc(F)c2)n1. The van der Waals surface area contributed by atoms with Gasteiger partial charge in [0.25, 0.3) is 0 Å². The smallest absolute Gasteiger partial charge is 0.231 e. The summed E-state index contributed by atoms with van der Waals surface area (Å²) in [7, 11) is 1.55. The number of hydrogen-bond donors (Lipinski definition) is 1. The minimum absolute atomic E-state index is 0.289. The molecule has 1 aromatic heterocycles. The zero-order valence-electron chi connectivity index (χ0n) is 9.97. The molecule has 2 aromatic rings. The standard InChI is InChI=1S/C12H14FN3O2/c1-17-7-10(14)12-15-11(18-16-12)6-8-3-2-4-9(13)5-8/h2-5,10H,6-7,14H2,1H3. The van der Waals surface area contributed by atoms with Crippen molar-refractivity contribution in [3.63, 3.8) is 0 Å². The average Bonchev–Trinajstić information content (AvgIpc) is 2.78. The first-order valence-electron chi connectivity index (χ1n) is 5.50. The van der Waals surface area contributed by atoms with Crippen molar-refractivity contribution in [2.24, 2.45) is 5.73 Å². The molecule has 2 N–H and O–H groups in total. The Morgan fingerprint density at radius 2 is 2.33 bits per heavy atom. The van der Waals surface area contributed by atoms with Crippen LogP contribution in [0, 0.1) is 5.82 Å². The number of nitrogens with two attached hydrogens (primary N) is 1. The third kappa shape index (κ3) is 3.12. The number of ether oxygens (including phenoxy) is 1. The summed E-state index contributed by atoms with van der Waals surface area (Å²) in [4.78, 5) is 4.15. The zero-order valence-corrected chi connectivity index (χ0v) is 9.97. The van der Waals surface area contributed by atoms with Crippen LogP contribution in [0.3, 0.4) is 0 Å². The Morgan fingerprint density at radius 3 is 3.06 bits per heavy atom. The molecule has 1 atom stereocenters. The van der Waals surface area contributed by atoms with Crippen LogP contribution in [-0.2, 0) is 11.2 Å². The molecule has 2 rings (SSSR count). The highest BCUT2D eigenvalue weighted by Gasteiger charge is 2.14. The van der Waals surface area contributed by atoms with Crippen LogP contribution >= 0.6 is 0 Å². The number of methoxy groups -OCH3 is 1. The summed E-state index contributed by atoms with van der Waals surface area (Å²) < 4.78 is 23.0. The van der Waals surface area contributed by atoms with Crippen LogP contribution in [0.15, 0.2) is 28.8 Å². The maximum Gasteiger partial charge on any atom is 0.231 e. The number of aromatic nitrogens is 2. The topological polar surface area (TPSA) is 74.2 Å². The third-order valence-corrected chi connectivity index (χ3v) is 2.41. The van der Waals surface area contributed by atoms with E-state index in [0.717, 1.165) is 5.56 Å². The molecule has 1 heterocycles. The minimum atomic E-state index is -0.417. The van der Waals surface area contributed by atoms with E-state index in [0.29, 0.717) is 24.7 Å². The molecule has 0 radical (unpaired) electrons. The van der Waals surface area contributed by atoms with Gasteiger partial charge in [0.05, 0.1) is 19.1 Å². The van der Waals surface area contributed by atoms with Crippen molar-refractivity contribution in [3.8, 4) is 0 Å². The van der Waals surface area contributed by atoms with Crippen molar-refractivity contribution in [2.45, 2.75) is 12.5 Å². The Morgan fingerprint density at radius 1 is 1.50 bits per heavy atom. The molecule has 0 aliphatic rings. The Kier molecular flexibility index (Phi) is 4.01. The summed E-state index contributed by atoms with van der Waals surface area (Å²) >= 11 is 0. The van der Waals surface area contributed by atoms with Crippen LogP contribution in [0.1, 0.15) is 23.3 Å². The zero-order chi connectivity index (χ0) is 13.0. The summed E-state index contributed by atoms with van der Waals surface area (Å²) in [5.41, 5.74) is 6.54. The van der Waals surface area contributed by atoms with Crippen LogP contribution in [-0.4, -0.2) is 23.9 Å². The second-order valence-electron chi connectivity index (χ2n) is 3.91. The van der Waals surface area contributed by atoms with Gasteiger partial charge < -0.3 is 15.0 Å². The molecule has 1 unspecified atom stereocenters. The van der Waals surface area contributed by atoms with Gasteiger partial charge in [-0.05, 0) is 17.7 Å². The molecule has 0 saturated heterocycles. The van der Waals surface area contributed by atoms with E-state index in [1.54, 1.807) is 19.2 Å². The predicted molar refractivity (Wildman–Crippen MR) is 62.3 cm³/mol. The van der Waals surface area contributed by atoms with Gasteiger partial charge in [0.15, 0.2) is 5.82 Å². The first-order valence-corrected chi connectivity index (χ1v) is 5.50. The quantitative estimate of drug-likeness (QED) is 0.870. The van der Waals surface area contributed by atoms with Crippen molar-refractivity contribution < 1.29 is 13.7 Å². The van der Waals surface area contributed by atoms with E-state index in [9.17, 15) is 4.39 Å². The summed E-state index contributed by atoms with van der Waals surface area (Å²) in [5, 5.41) is 3.77. The van der Waals surface area contributed by atoms with Crippen molar-refractivity contribution in [1.29, 1.82) is 0 Å². The maximum absolute atomic E-state index is 13.0. The van der Waals surface area contributed by atoms with Gasteiger partial charge in [-0.1, -0.05) is 17.3 Å². The van der Waals surface area contributed by atoms with E-state index in [-0.39, 0.29) is 5.82 Å². The number of benzene rings is 1. The van der Waals surface area contributed by atoms with Gasteiger partial charge >= 0.3 is 0 Å². The lowest BCUT2D eigenvalue weighted by molar-refractivity contribution is 0.177. The number of rotatable bonds is 5. The lowest BCUT2D eigenvalue weighted by Crippen LogP contribution is -2.17. The van der Waals surface area contributed by atoms with Crippen molar-refractivity contribution >= 4 is 0 Å². The van der Waals surface area contributed by atoms with E-state index >= 15 is 0 Å². The largest absolute Gasteiger partial charge is 0.383 e. The third-order valence-electron chi connectivity index (χ3n) is 2.41. The molecule has 0 bridgehead atoms. The second-order valence-corrected chi connectivity index (χ2v) is 3.91. The van der Waals surface area contributed by atoms with Crippen LogP contribution in [0.4, 0.5) is 4.39 Å². The fourth-order valence-corrected chi connectivity index (χ4v) is 1.57. The molecular formula is C12H14FN3O2. The van der Waals surface area contributed by atoms with E-state index in [1.807, 2.05) is 0 Å². The van der Waals surface area contributed by atoms with Gasteiger partial charge in [0, 0.05) is 7.11 Å². The van der Waals surface area contributed by atoms with E-state index < -0.39 is 6.04 Å². The molecule has 18 heavy (non-hydrogen) atoms. The molecule has 0 aliphatic carbocycles. The van der Waals surface area contributed by atoms with Gasteiger partial charge in [-0.2, -0.15) is 4.98 Å². The number of nitrogens with zero attached hydrogens (tertiary/aromatic N) is 2. The van der Waals surface area contributed by atoms with Crippen molar-refractivity contribution in [3.05, 3.63) is 47.4 Å². The number of halogens is 1. The molecule has 0 amide bonds. The van der Waals surface area contributed by atoms with Gasteiger partial charge in [-0.15, -0.1) is 0 Å². The van der Waals surface area contributed by atoms with E-state index in [2.05, 4.69) is 10.1 Å². The van der Waals surface area contributed by atoms with Gasteiger partial charge in [0.1, 0.15) is 5.82 Å². The fraction of sp³-hybridized carbons (Fsp3) is 0.333. The van der Waals surface area contributed by atoms with Crippen LogP contribution in [0.25, 0.3) is 0 Å². The minimum Gasteiger partial charge on any atom is -0.383 e. The summed E-state index contributed by atoms with van der Waals surface area (Å²) in [6, 6.07) is 5.83. The Labute approximate surface area is 104 Å². The maximum atomic E-state index is 13.0. The molecule has 5 nitrogen and oxygen atoms in total. The Balaban J connectivity index is 2.06. The molecule has 0 saturated carbocycles. The molecule has 0 spiro atoms. The number of hydrogen-bond acceptors (Lipinski definition) is 5. The molecule has 96 valence electrons. The normalized spacial score (nSPS) is 12.6. The van der Waals surface area contributed by atoms with Crippen LogP contribution < -0.4 is 5.73 Å². The molecule has 0 fully saturated rings. The van der Waals surface area contributed by atoms with Gasteiger partial charge in [-0.25, -0.2) is 4.39 Å². The summed E-state index contributed by atoms with van der Waals surface area (Å²) in [6.45, 7) is 0.318. The first kappa shape index (κ1) is 12.7. The predicted octanol–water partition coefficient (Wildman–Crippen LogP) is 1.45. The van der Waals surface area contributed by atoms with E-state index in [4.69, 9.17) is 15.0 Å². The molecule has 6 heteroatoms. The monoisotopic (exact) mass is 251 g/mol. The van der Waals surface area contributed by atoms with Crippen molar-refractivity contribution in [2.75, 3.05) is 13.7 Å². The molecule has 0 aliphatic heterocycles. The van der Waals surface area contributed by atoms with Gasteiger partial charge in [-0.3, -0.25) is 0 Å². The highest BCUT2D eigenvalue weighted by Crippen LogP contribution is 2.12. The lowest BCUT2D eigenvalue weighted by Gasteiger charge is -2.03. The average molecular weight is 251 g/mol. The fourth-order valence-electron chi connectivity index (χ4n) is 1.57. The van der Waals surface area contributed by atoms with E-state index in [1.165, 1.54) is 12.1 Å². The lowest BCUT2D eigenvalue weighted by atomic mass is 10.1. The second kappa shape index (κ2) is 5.70. The first-order chi connectivity index (χ1) is 8.69. The van der Waals surface area contributed by atoms with Gasteiger partial charge in [0.2, 0.25) is 5.89 Å². The van der Waals surface area contributed by atoms with Crippen LogP contribution in [0.5, 0.6) is 0 Å². The summed E-state index contributed by atoms with van der Waals surface area (Å²) in [6.07, 6.45) is 0.379.